The lowest BCUT2D eigenvalue weighted by molar-refractivity contribution is 1.07. The number of pyridine rings is 2. The minimum Gasteiger partial charge on any atom is -0.265 e. The van der Waals surface area contributed by atoms with Crippen LogP contribution in [-0.4, -0.2) is 39.9 Å². The minimum atomic E-state index is 0.644. The van der Waals surface area contributed by atoms with Crippen LogP contribution in [0.15, 0.2) is 389 Å². The summed E-state index contributed by atoms with van der Waals surface area (Å²) in [6, 6.07) is 131. The molecule has 0 unspecified atom stereocenters. The summed E-state index contributed by atoms with van der Waals surface area (Å²) in [7, 11) is 0. The average molecular weight is 1330 g/mol. The third kappa shape index (κ3) is 13.7. The highest BCUT2D eigenvalue weighted by atomic mass is 15.0. The molecule has 0 aliphatic rings. The van der Waals surface area contributed by atoms with E-state index in [9.17, 15) is 0 Å². The van der Waals surface area contributed by atoms with Crippen molar-refractivity contribution in [1.29, 1.82) is 0 Å². The van der Waals surface area contributed by atoms with Gasteiger partial charge in [-0.3, -0.25) is 4.98 Å². The first-order valence-electron chi connectivity index (χ1n) is 34.8. The number of benzene rings is 14. The molecule has 0 radical (unpaired) electrons. The van der Waals surface area contributed by atoms with Gasteiger partial charge in [0.2, 0.25) is 0 Å². The van der Waals surface area contributed by atoms with Crippen molar-refractivity contribution in [1.82, 2.24) is 39.9 Å². The number of fused-ring (bicyclic) bond motifs is 2. The van der Waals surface area contributed by atoms with E-state index in [1.807, 2.05) is 158 Å². The van der Waals surface area contributed by atoms with Crippen LogP contribution in [0.5, 0.6) is 0 Å². The zero-order chi connectivity index (χ0) is 69.4. The summed E-state index contributed by atoms with van der Waals surface area (Å²) < 4.78 is 0. The fourth-order valence-electron chi connectivity index (χ4n) is 13.4. The van der Waals surface area contributed by atoms with Crippen molar-refractivity contribution in [3.8, 4) is 158 Å². The Morgan fingerprint density at radius 2 is 0.394 bits per heavy atom. The molecule has 14 aromatic carbocycles. The summed E-state index contributed by atoms with van der Waals surface area (Å²) in [6.45, 7) is 0. The van der Waals surface area contributed by atoms with Crippen molar-refractivity contribution in [3.05, 3.63) is 389 Å². The molecule has 18 aromatic rings. The quantitative estimate of drug-likeness (QED) is 0.106. The van der Waals surface area contributed by atoms with Gasteiger partial charge in [-0.25, -0.2) is 34.9 Å². The second kappa shape index (κ2) is 29.0. The van der Waals surface area contributed by atoms with Crippen LogP contribution in [0.1, 0.15) is 0 Å². The summed E-state index contributed by atoms with van der Waals surface area (Å²) in [5.74, 6) is 3.92. The molecule has 0 amide bonds. The van der Waals surface area contributed by atoms with Crippen molar-refractivity contribution in [2.24, 2.45) is 0 Å². The van der Waals surface area contributed by atoms with E-state index in [1.54, 1.807) is 0 Å². The van der Waals surface area contributed by atoms with Gasteiger partial charge in [-0.05, 0) is 125 Å². The number of nitrogens with zero attached hydrogens (tertiary/aromatic N) is 8. The van der Waals surface area contributed by atoms with Gasteiger partial charge in [0.15, 0.2) is 34.9 Å². The fourth-order valence-corrected chi connectivity index (χ4v) is 13.4. The molecule has 8 heteroatoms. The number of rotatable bonds is 14. The van der Waals surface area contributed by atoms with Crippen molar-refractivity contribution >= 4 is 21.5 Å². The highest BCUT2D eigenvalue weighted by molar-refractivity contribution is 6.00. The molecule has 104 heavy (non-hydrogen) atoms. The molecule has 488 valence electrons. The first kappa shape index (κ1) is 63.4. The zero-order valence-corrected chi connectivity index (χ0v) is 56.5. The highest BCUT2D eigenvalue weighted by Gasteiger charge is 2.17. The second-order valence-corrected chi connectivity index (χ2v) is 25.5. The molecule has 4 aromatic heterocycles. The Labute approximate surface area is 603 Å². The van der Waals surface area contributed by atoms with Crippen LogP contribution in [0.3, 0.4) is 0 Å². The molecule has 0 bridgehead atoms. The first-order valence-corrected chi connectivity index (χ1v) is 34.8. The smallest absolute Gasteiger partial charge is 0.164 e. The Morgan fingerprint density at radius 1 is 0.144 bits per heavy atom. The maximum Gasteiger partial charge on any atom is 0.164 e. The van der Waals surface area contributed by atoms with Crippen molar-refractivity contribution in [2.75, 3.05) is 0 Å². The largest absolute Gasteiger partial charge is 0.265 e. The van der Waals surface area contributed by atoms with Crippen molar-refractivity contribution < 1.29 is 0 Å². The van der Waals surface area contributed by atoms with E-state index < -0.39 is 0 Å². The van der Waals surface area contributed by atoms with Crippen LogP contribution in [0.2, 0.25) is 0 Å². The summed E-state index contributed by atoms with van der Waals surface area (Å²) in [6.07, 6.45) is 3.66. The molecule has 0 N–H and O–H groups in total. The Morgan fingerprint density at radius 3 is 0.721 bits per heavy atom. The standard InChI is InChI=1S/C54H36N4.C42H28N4/c1-5-14-40(15-6-1)50-35-47(36-51(55-50)41-16-7-2-8-17-41)38-24-28-39(29-25-38)48-23-13-22-46-34-45(32-33-49(46)48)37-26-30-44(31-27-37)54-57-52(42-18-9-3-10-19-42)56-53(58-54)43-20-11-4-12-21-43;1-3-8-33(9-4-1)40-44-41(34-10-5-2-6-11-34)46-42(45-40)35-20-16-30(17-21-35)36-22-23-39-37(28-36)12-7-13-38(39)32-18-14-29(15-19-32)31-24-26-43-27-25-31/h1-36H;1-28H. The molecule has 0 fully saturated rings. The van der Waals surface area contributed by atoms with Crippen LogP contribution >= 0.6 is 0 Å². The van der Waals surface area contributed by atoms with E-state index in [1.165, 1.54) is 54.9 Å². The maximum absolute atomic E-state index is 5.06. The van der Waals surface area contributed by atoms with Crippen LogP contribution in [0, 0.1) is 0 Å². The fraction of sp³-hybridized carbons (Fsp3) is 0. The molecule has 8 nitrogen and oxygen atoms in total. The first-order chi connectivity index (χ1) is 51.5. The lowest BCUT2D eigenvalue weighted by Crippen LogP contribution is -2.00. The number of hydrogen-bond acceptors (Lipinski definition) is 8. The molecule has 0 aliphatic heterocycles. The van der Waals surface area contributed by atoms with Crippen LogP contribution in [0.25, 0.3) is 179 Å². The summed E-state index contributed by atoms with van der Waals surface area (Å²) in [5, 5.41) is 4.83. The predicted octanol–water partition coefficient (Wildman–Crippen LogP) is 24.2. The molecule has 18 rings (SSSR count). The Kier molecular flexibility index (Phi) is 17.7. The molecule has 4 heterocycles. The van der Waals surface area contributed by atoms with Gasteiger partial charge in [0, 0.05) is 56.9 Å². The van der Waals surface area contributed by atoms with Gasteiger partial charge in [-0.15, -0.1) is 0 Å². The normalized spacial score (nSPS) is 11.1. The van der Waals surface area contributed by atoms with Crippen LogP contribution < -0.4 is 0 Å². The molecule has 0 saturated heterocycles. The molecular formula is C96H64N8. The Bertz CT molecular complexity index is 5840. The number of aromatic nitrogens is 8. The van der Waals surface area contributed by atoms with Crippen LogP contribution in [0.4, 0.5) is 0 Å². The van der Waals surface area contributed by atoms with Gasteiger partial charge in [0.05, 0.1) is 11.4 Å². The van der Waals surface area contributed by atoms with Crippen molar-refractivity contribution in [2.45, 2.75) is 0 Å². The van der Waals surface area contributed by atoms with Gasteiger partial charge < -0.3 is 0 Å². The molecular weight excluding hydrogens is 1270 g/mol. The highest BCUT2D eigenvalue weighted by Crippen LogP contribution is 2.38. The molecule has 0 spiro atoms. The Balaban J connectivity index is 0.000000158. The molecule has 0 saturated carbocycles. The summed E-state index contributed by atoms with van der Waals surface area (Å²) in [5.41, 5.74) is 23.8. The minimum absolute atomic E-state index is 0.644. The van der Waals surface area contributed by atoms with Gasteiger partial charge in [0.25, 0.3) is 0 Å². The monoisotopic (exact) mass is 1330 g/mol. The van der Waals surface area contributed by atoms with E-state index in [4.69, 9.17) is 34.9 Å². The van der Waals surface area contributed by atoms with Gasteiger partial charge in [-0.2, -0.15) is 0 Å². The summed E-state index contributed by atoms with van der Waals surface area (Å²) in [4.78, 5) is 38.4. The Hall–Kier alpha value is -14.1. The topological polar surface area (TPSA) is 103 Å². The summed E-state index contributed by atoms with van der Waals surface area (Å²) >= 11 is 0. The zero-order valence-electron chi connectivity index (χ0n) is 56.5. The maximum atomic E-state index is 5.06. The molecule has 0 atom stereocenters. The third-order valence-corrected chi connectivity index (χ3v) is 18.8. The van der Waals surface area contributed by atoms with E-state index in [2.05, 4.69) is 236 Å². The van der Waals surface area contributed by atoms with Crippen LogP contribution in [-0.2, 0) is 0 Å². The van der Waals surface area contributed by atoms with Gasteiger partial charge >= 0.3 is 0 Å². The van der Waals surface area contributed by atoms with E-state index in [0.717, 1.165) is 89.3 Å². The molecule has 0 aliphatic carbocycles. The average Bonchev–Trinajstić information content (AvgIpc) is 0.792. The van der Waals surface area contributed by atoms with Gasteiger partial charge in [-0.1, -0.05) is 340 Å². The van der Waals surface area contributed by atoms with Gasteiger partial charge in [0.1, 0.15) is 0 Å². The van der Waals surface area contributed by atoms with E-state index in [0.29, 0.717) is 34.9 Å². The number of hydrogen-bond donors (Lipinski definition) is 0. The second-order valence-electron chi connectivity index (χ2n) is 25.5. The lowest BCUT2D eigenvalue weighted by atomic mass is 9.93. The third-order valence-electron chi connectivity index (χ3n) is 18.8. The predicted molar refractivity (Wildman–Crippen MR) is 426 cm³/mol. The lowest BCUT2D eigenvalue weighted by Gasteiger charge is -2.12. The van der Waals surface area contributed by atoms with Crippen molar-refractivity contribution in [3.63, 3.8) is 0 Å². The SMILES string of the molecule is c1ccc(-c2cc(-c3ccc(-c4cccc5cc(-c6ccc(-c7nc(-c8ccccc8)nc(-c8ccccc8)n7)cc6)ccc45)cc3)cc(-c3ccccc3)n2)cc1.c1ccc(-c2nc(-c3ccccc3)nc(-c3ccc(-c4ccc5c(-c6ccc(-c7ccncc7)cc6)cccc5c4)cc3)n2)cc1. The van der Waals surface area contributed by atoms with E-state index in [-0.39, 0.29) is 0 Å². The van der Waals surface area contributed by atoms with E-state index >= 15 is 0 Å².